The lowest BCUT2D eigenvalue weighted by molar-refractivity contribution is 0.0601. The number of carbonyl (C=O) groups excluding carboxylic acids is 1. The van der Waals surface area contributed by atoms with Crippen LogP contribution in [0.5, 0.6) is 0 Å². The Morgan fingerprint density at radius 3 is 2.79 bits per heavy atom. The second kappa shape index (κ2) is 6.62. The molecule has 0 fully saturated rings. The van der Waals surface area contributed by atoms with Crippen LogP contribution in [0.15, 0.2) is 53.1 Å². The van der Waals surface area contributed by atoms with E-state index in [1.165, 1.54) is 25.4 Å². The van der Waals surface area contributed by atoms with Crippen LogP contribution in [-0.2, 0) is 11.2 Å². The topological polar surface area (TPSA) is 52.3 Å². The van der Waals surface area contributed by atoms with E-state index in [9.17, 15) is 13.6 Å². The second-order valence-corrected chi connectivity index (χ2v) is 5.10. The number of halogens is 2. The highest BCUT2D eigenvalue weighted by molar-refractivity contribution is 5.90. The summed E-state index contributed by atoms with van der Waals surface area (Å²) in [5, 5.41) is 0. The predicted molar refractivity (Wildman–Crippen MR) is 82.4 cm³/mol. The largest absolute Gasteiger partial charge is 0.465 e. The van der Waals surface area contributed by atoms with Crippen LogP contribution in [0.1, 0.15) is 21.8 Å². The molecule has 0 unspecified atom stereocenters. The number of carbonyl (C=O) groups is 1. The third-order valence-corrected chi connectivity index (χ3v) is 3.48. The van der Waals surface area contributed by atoms with Gasteiger partial charge in [0, 0.05) is 11.6 Å². The molecule has 0 spiro atoms. The molecule has 0 aliphatic carbocycles. The molecule has 0 saturated heterocycles. The lowest BCUT2D eigenvalue weighted by Crippen LogP contribution is -2.00. The summed E-state index contributed by atoms with van der Waals surface area (Å²) in [4.78, 5) is 15.7. The van der Waals surface area contributed by atoms with Gasteiger partial charge in [-0.1, -0.05) is 18.2 Å². The summed E-state index contributed by atoms with van der Waals surface area (Å²) in [6, 6.07) is 10.1. The van der Waals surface area contributed by atoms with Gasteiger partial charge in [0.2, 0.25) is 0 Å². The quantitative estimate of drug-likeness (QED) is 0.679. The van der Waals surface area contributed by atoms with Gasteiger partial charge in [-0.2, -0.15) is 0 Å². The number of aromatic nitrogens is 1. The number of esters is 1. The number of methoxy groups -OCH3 is 1. The average Bonchev–Trinajstić information content (AvgIpc) is 3.05. The van der Waals surface area contributed by atoms with Crippen molar-refractivity contribution in [1.82, 2.24) is 4.98 Å². The van der Waals surface area contributed by atoms with Gasteiger partial charge in [0.1, 0.15) is 11.6 Å². The van der Waals surface area contributed by atoms with Gasteiger partial charge >= 0.3 is 5.97 Å². The van der Waals surface area contributed by atoms with Crippen LogP contribution in [0, 0.1) is 11.6 Å². The minimum absolute atomic E-state index is 0.100. The first-order valence-corrected chi connectivity index (χ1v) is 7.14. The number of benzene rings is 2. The zero-order valence-corrected chi connectivity index (χ0v) is 12.8. The Labute approximate surface area is 136 Å². The van der Waals surface area contributed by atoms with E-state index in [1.54, 1.807) is 24.3 Å². The maximum absolute atomic E-state index is 13.7. The lowest BCUT2D eigenvalue weighted by Gasteiger charge is -2.02. The van der Waals surface area contributed by atoms with E-state index in [0.717, 1.165) is 6.07 Å². The smallest absolute Gasteiger partial charge is 0.337 e. The third-order valence-electron chi connectivity index (χ3n) is 3.48. The number of ether oxygens (including phenoxy) is 1. The van der Waals surface area contributed by atoms with Crippen molar-refractivity contribution < 1.29 is 22.7 Å². The Morgan fingerprint density at radius 1 is 1.21 bits per heavy atom. The molecule has 2 aromatic carbocycles. The molecule has 122 valence electrons. The molecule has 0 bridgehead atoms. The van der Waals surface area contributed by atoms with E-state index < -0.39 is 17.6 Å². The van der Waals surface area contributed by atoms with E-state index >= 15 is 0 Å². The van der Waals surface area contributed by atoms with Crippen molar-refractivity contribution >= 4 is 5.97 Å². The highest BCUT2D eigenvalue weighted by Gasteiger charge is 2.12. The van der Waals surface area contributed by atoms with Crippen LogP contribution in [0.4, 0.5) is 8.78 Å². The molecular formula is C18H13F2NO3. The molecule has 6 heteroatoms. The van der Waals surface area contributed by atoms with Gasteiger partial charge in [-0.15, -0.1) is 0 Å². The maximum atomic E-state index is 13.7. The van der Waals surface area contributed by atoms with Crippen molar-refractivity contribution in [3.8, 4) is 11.3 Å². The minimum atomic E-state index is -0.651. The van der Waals surface area contributed by atoms with E-state index in [0.29, 0.717) is 22.8 Å². The molecule has 3 rings (SSSR count). The van der Waals surface area contributed by atoms with E-state index in [2.05, 4.69) is 9.72 Å². The number of rotatable bonds is 4. The molecule has 0 amide bonds. The first-order chi connectivity index (χ1) is 11.6. The van der Waals surface area contributed by atoms with Crippen LogP contribution in [0.25, 0.3) is 11.3 Å². The van der Waals surface area contributed by atoms with Gasteiger partial charge < -0.3 is 9.15 Å². The average molecular weight is 329 g/mol. The summed E-state index contributed by atoms with van der Waals surface area (Å²) in [7, 11) is 1.30. The predicted octanol–water partition coefficient (Wildman–Crippen LogP) is 4.00. The highest BCUT2D eigenvalue weighted by atomic mass is 19.1. The maximum Gasteiger partial charge on any atom is 0.337 e. The Bertz CT molecular complexity index is 889. The minimum Gasteiger partial charge on any atom is -0.465 e. The SMILES string of the molecule is COC(=O)c1cccc(-c2cnc(Cc3ccc(F)cc3F)o2)c1. The zero-order chi connectivity index (χ0) is 17.1. The molecule has 0 saturated carbocycles. The van der Waals surface area contributed by atoms with Crippen molar-refractivity contribution in [2.24, 2.45) is 0 Å². The van der Waals surface area contributed by atoms with Crippen molar-refractivity contribution in [3.63, 3.8) is 0 Å². The molecule has 0 N–H and O–H groups in total. The van der Waals surface area contributed by atoms with Crippen LogP contribution in [0.3, 0.4) is 0 Å². The van der Waals surface area contributed by atoms with Crippen molar-refractivity contribution in [2.75, 3.05) is 7.11 Å². The Kier molecular flexibility index (Phi) is 4.37. The first kappa shape index (κ1) is 15.9. The fraction of sp³-hybridized carbons (Fsp3) is 0.111. The summed E-state index contributed by atoms with van der Waals surface area (Å²) in [6.45, 7) is 0. The highest BCUT2D eigenvalue weighted by Crippen LogP contribution is 2.23. The van der Waals surface area contributed by atoms with Crippen LogP contribution >= 0.6 is 0 Å². The summed E-state index contributed by atoms with van der Waals surface area (Å²) < 4.78 is 36.9. The second-order valence-electron chi connectivity index (χ2n) is 5.10. The van der Waals surface area contributed by atoms with Gasteiger partial charge in [-0.25, -0.2) is 18.6 Å². The molecular weight excluding hydrogens is 316 g/mol. The van der Waals surface area contributed by atoms with E-state index in [4.69, 9.17) is 4.42 Å². The van der Waals surface area contributed by atoms with Crippen LogP contribution in [0.2, 0.25) is 0 Å². The van der Waals surface area contributed by atoms with Crippen molar-refractivity contribution in [3.05, 3.63) is 77.3 Å². The first-order valence-electron chi connectivity index (χ1n) is 7.14. The fourth-order valence-electron chi connectivity index (χ4n) is 2.27. The molecule has 0 radical (unpaired) electrons. The Balaban J connectivity index is 1.84. The number of hydrogen-bond acceptors (Lipinski definition) is 4. The molecule has 3 aromatic rings. The van der Waals surface area contributed by atoms with Gasteiger partial charge in [0.05, 0.1) is 25.3 Å². The van der Waals surface area contributed by atoms with Gasteiger partial charge in [0.15, 0.2) is 11.7 Å². The standard InChI is InChI=1S/C18H13F2NO3/c1-23-18(22)13-4-2-3-12(7-13)16-10-21-17(24-16)8-11-5-6-14(19)9-15(11)20/h2-7,9-10H,8H2,1H3. The molecule has 0 atom stereocenters. The molecule has 24 heavy (non-hydrogen) atoms. The Morgan fingerprint density at radius 2 is 2.04 bits per heavy atom. The molecule has 0 aliphatic rings. The monoisotopic (exact) mass is 329 g/mol. The van der Waals surface area contributed by atoms with E-state index in [-0.39, 0.29) is 12.0 Å². The summed E-state index contributed by atoms with van der Waals surface area (Å²) in [5.74, 6) is -1.01. The normalized spacial score (nSPS) is 10.6. The number of nitrogens with zero attached hydrogens (tertiary/aromatic N) is 1. The molecule has 0 aliphatic heterocycles. The number of oxazole rings is 1. The summed E-state index contributed by atoms with van der Waals surface area (Å²) >= 11 is 0. The summed E-state index contributed by atoms with van der Waals surface area (Å²) in [6.07, 6.45) is 1.59. The molecule has 1 heterocycles. The van der Waals surface area contributed by atoms with E-state index in [1.807, 2.05) is 0 Å². The third kappa shape index (κ3) is 3.32. The fourth-order valence-corrected chi connectivity index (χ4v) is 2.27. The van der Waals surface area contributed by atoms with Crippen LogP contribution < -0.4 is 0 Å². The molecule has 1 aromatic heterocycles. The number of hydrogen-bond donors (Lipinski definition) is 0. The van der Waals surface area contributed by atoms with Gasteiger partial charge in [-0.05, 0) is 23.8 Å². The summed E-state index contributed by atoms with van der Waals surface area (Å²) in [5.41, 5.74) is 1.32. The molecule has 4 nitrogen and oxygen atoms in total. The van der Waals surface area contributed by atoms with Crippen molar-refractivity contribution in [2.45, 2.75) is 6.42 Å². The van der Waals surface area contributed by atoms with Crippen LogP contribution in [-0.4, -0.2) is 18.1 Å². The zero-order valence-electron chi connectivity index (χ0n) is 12.8. The van der Waals surface area contributed by atoms with Gasteiger partial charge in [0.25, 0.3) is 0 Å². The Hall–Kier alpha value is -3.02. The lowest BCUT2D eigenvalue weighted by atomic mass is 10.1. The van der Waals surface area contributed by atoms with Gasteiger partial charge in [-0.3, -0.25) is 0 Å². The van der Waals surface area contributed by atoms with Crippen molar-refractivity contribution in [1.29, 1.82) is 0 Å².